The highest BCUT2D eigenvalue weighted by Gasteiger charge is 2.16. The van der Waals surface area contributed by atoms with Crippen LogP contribution in [0.25, 0.3) is 0 Å². The van der Waals surface area contributed by atoms with Gasteiger partial charge in [0.05, 0.1) is 11.6 Å². The number of hydrogen-bond acceptors (Lipinski definition) is 4. The average molecular weight is 445 g/mol. The van der Waals surface area contributed by atoms with Crippen molar-refractivity contribution in [1.82, 2.24) is 15.5 Å². The van der Waals surface area contributed by atoms with Crippen molar-refractivity contribution < 1.29 is 14.3 Å². The number of hydrogen-bond donors (Lipinski definition) is 2. The first kappa shape index (κ1) is 22.7. The lowest BCUT2D eigenvalue weighted by atomic mass is 10.1. The number of rotatable bonds is 7. The largest absolute Gasteiger partial charge is 0.486 e. The number of fused-ring (bicyclic) bond motifs is 1. The fraction of sp³-hybridized carbons (Fsp3) is 0.391. The summed E-state index contributed by atoms with van der Waals surface area (Å²) in [6.07, 6.45) is 0.773. The predicted molar refractivity (Wildman–Crippen MR) is 123 cm³/mol. The average Bonchev–Trinajstić information content (AvgIpc) is 2.77. The molecule has 2 N–H and O–H groups in total. The van der Waals surface area contributed by atoms with E-state index >= 15 is 0 Å². The van der Waals surface area contributed by atoms with Crippen LogP contribution in [-0.2, 0) is 13.0 Å². The van der Waals surface area contributed by atoms with E-state index in [1.165, 1.54) is 0 Å². The zero-order valence-corrected chi connectivity index (χ0v) is 19.0. The maximum Gasteiger partial charge on any atom is 0.253 e. The molecule has 0 radical (unpaired) electrons. The molecule has 1 aliphatic rings. The van der Waals surface area contributed by atoms with Gasteiger partial charge in [0, 0.05) is 32.7 Å². The van der Waals surface area contributed by atoms with E-state index in [0.717, 1.165) is 24.1 Å². The lowest BCUT2D eigenvalue weighted by Gasteiger charge is -2.20. The van der Waals surface area contributed by atoms with Crippen LogP contribution in [0.5, 0.6) is 11.5 Å². The molecule has 0 saturated heterocycles. The third-order valence-electron chi connectivity index (χ3n) is 4.71. The number of aliphatic imine (C=N–C) groups is 1. The second kappa shape index (κ2) is 10.9. The fourth-order valence-electron chi connectivity index (χ4n) is 3.21. The second-order valence-electron chi connectivity index (χ2n) is 7.37. The minimum absolute atomic E-state index is 0.00259. The van der Waals surface area contributed by atoms with Crippen molar-refractivity contribution in [3.05, 3.63) is 58.1 Å². The quantitative estimate of drug-likeness (QED) is 0.507. The summed E-state index contributed by atoms with van der Waals surface area (Å²) in [7, 11) is 3.51. The maximum absolute atomic E-state index is 12.2. The van der Waals surface area contributed by atoms with Gasteiger partial charge in [-0.25, -0.2) is 4.99 Å². The summed E-state index contributed by atoms with van der Waals surface area (Å²) in [4.78, 5) is 18.4. The topological polar surface area (TPSA) is 75.2 Å². The van der Waals surface area contributed by atoms with Gasteiger partial charge >= 0.3 is 0 Å². The Labute approximate surface area is 188 Å². The zero-order valence-electron chi connectivity index (χ0n) is 18.2. The number of guanidine groups is 1. The first-order chi connectivity index (χ1) is 15.0. The third kappa shape index (κ3) is 6.28. The van der Waals surface area contributed by atoms with E-state index in [4.69, 9.17) is 21.1 Å². The Balaban J connectivity index is 1.60. The lowest BCUT2D eigenvalue weighted by Crippen LogP contribution is -2.38. The van der Waals surface area contributed by atoms with E-state index in [1.807, 2.05) is 43.3 Å². The Morgan fingerprint density at radius 2 is 1.94 bits per heavy atom. The smallest absolute Gasteiger partial charge is 0.253 e. The number of carbonyl (C=O) groups excluding carboxylic acids is 1. The molecule has 0 aliphatic carbocycles. The van der Waals surface area contributed by atoms with Crippen molar-refractivity contribution in [3.63, 3.8) is 0 Å². The standard InChI is InChI=1S/C23H29ClN4O3/c1-4-25-23(26-9-8-16-6-5-7-18(12-16)22(29)28(2)3)27-15-17-13-19(24)21-20(14-17)30-10-11-31-21/h5-7,12-14H,4,8-11,15H2,1-3H3,(H2,25,26,27). The monoisotopic (exact) mass is 444 g/mol. The van der Waals surface area contributed by atoms with Gasteiger partial charge in [-0.1, -0.05) is 23.7 Å². The molecule has 1 aliphatic heterocycles. The molecule has 1 heterocycles. The van der Waals surface area contributed by atoms with Gasteiger partial charge in [0.1, 0.15) is 13.2 Å². The Hall–Kier alpha value is -2.93. The van der Waals surface area contributed by atoms with Crippen molar-refractivity contribution in [2.24, 2.45) is 4.99 Å². The van der Waals surface area contributed by atoms with E-state index in [9.17, 15) is 4.79 Å². The van der Waals surface area contributed by atoms with Crippen LogP contribution in [0.15, 0.2) is 41.4 Å². The molecule has 166 valence electrons. The molecule has 0 spiro atoms. The van der Waals surface area contributed by atoms with Gasteiger partial charge in [0.25, 0.3) is 5.91 Å². The summed E-state index contributed by atoms with van der Waals surface area (Å²) in [5.74, 6) is 1.98. The number of benzene rings is 2. The van der Waals surface area contributed by atoms with Crippen LogP contribution in [-0.4, -0.2) is 57.2 Å². The zero-order chi connectivity index (χ0) is 22.2. The Morgan fingerprint density at radius 1 is 1.13 bits per heavy atom. The predicted octanol–water partition coefficient (Wildman–Crippen LogP) is 3.11. The summed E-state index contributed by atoms with van der Waals surface area (Å²) in [6.45, 7) is 4.94. The molecule has 0 bridgehead atoms. The molecule has 0 atom stereocenters. The molecule has 3 rings (SSSR count). The van der Waals surface area contributed by atoms with Gasteiger partial charge in [-0.3, -0.25) is 4.79 Å². The molecular weight excluding hydrogens is 416 g/mol. The number of amides is 1. The second-order valence-corrected chi connectivity index (χ2v) is 7.78. The van der Waals surface area contributed by atoms with Gasteiger partial charge in [-0.05, 0) is 48.7 Å². The molecular formula is C23H29ClN4O3. The van der Waals surface area contributed by atoms with Crippen LogP contribution < -0.4 is 20.1 Å². The van der Waals surface area contributed by atoms with Crippen molar-refractivity contribution >= 4 is 23.5 Å². The number of halogens is 1. The molecule has 7 nitrogen and oxygen atoms in total. The van der Waals surface area contributed by atoms with E-state index in [1.54, 1.807) is 19.0 Å². The number of carbonyl (C=O) groups is 1. The summed E-state index contributed by atoms with van der Waals surface area (Å²) < 4.78 is 11.2. The molecule has 0 unspecified atom stereocenters. The van der Waals surface area contributed by atoms with Gasteiger partial charge in [-0.2, -0.15) is 0 Å². The molecule has 0 fully saturated rings. The third-order valence-corrected chi connectivity index (χ3v) is 4.99. The Bertz CT molecular complexity index is 946. The van der Waals surface area contributed by atoms with Crippen molar-refractivity contribution in [2.75, 3.05) is 40.4 Å². The van der Waals surface area contributed by atoms with Crippen molar-refractivity contribution in [3.8, 4) is 11.5 Å². The Morgan fingerprint density at radius 3 is 2.71 bits per heavy atom. The summed E-state index contributed by atoms with van der Waals surface area (Å²) in [6, 6.07) is 11.5. The van der Waals surface area contributed by atoms with Crippen LogP contribution in [0.2, 0.25) is 5.02 Å². The number of ether oxygens (including phenoxy) is 2. The first-order valence-corrected chi connectivity index (χ1v) is 10.8. The highest BCUT2D eigenvalue weighted by molar-refractivity contribution is 6.32. The molecule has 0 aromatic heterocycles. The minimum Gasteiger partial charge on any atom is -0.486 e. The first-order valence-electron chi connectivity index (χ1n) is 10.4. The van der Waals surface area contributed by atoms with Crippen molar-refractivity contribution in [2.45, 2.75) is 19.9 Å². The molecule has 8 heteroatoms. The van der Waals surface area contributed by atoms with Gasteiger partial charge in [-0.15, -0.1) is 0 Å². The van der Waals surface area contributed by atoms with Gasteiger partial charge < -0.3 is 25.0 Å². The van der Waals surface area contributed by atoms with Crippen LogP contribution >= 0.6 is 11.6 Å². The molecule has 31 heavy (non-hydrogen) atoms. The van der Waals surface area contributed by atoms with E-state index in [2.05, 4.69) is 15.6 Å². The normalized spacial score (nSPS) is 13.0. The highest BCUT2D eigenvalue weighted by atomic mass is 35.5. The molecule has 1 amide bonds. The van der Waals surface area contributed by atoms with E-state index in [0.29, 0.717) is 54.3 Å². The lowest BCUT2D eigenvalue weighted by molar-refractivity contribution is 0.0827. The minimum atomic E-state index is 0.00259. The molecule has 2 aromatic rings. The maximum atomic E-state index is 12.2. The Kier molecular flexibility index (Phi) is 8.00. The van der Waals surface area contributed by atoms with Crippen molar-refractivity contribution in [1.29, 1.82) is 0 Å². The van der Waals surface area contributed by atoms with Crippen LogP contribution in [0.4, 0.5) is 0 Å². The summed E-state index contributed by atoms with van der Waals surface area (Å²) in [5.41, 5.74) is 2.73. The fourth-order valence-corrected chi connectivity index (χ4v) is 3.50. The van der Waals surface area contributed by atoms with Crippen LogP contribution in [0, 0.1) is 0 Å². The molecule has 2 aromatic carbocycles. The number of nitrogens with one attached hydrogen (secondary N) is 2. The van der Waals surface area contributed by atoms with Gasteiger partial charge in [0.2, 0.25) is 0 Å². The van der Waals surface area contributed by atoms with Gasteiger partial charge in [0.15, 0.2) is 17.5 Å². The molecule has 0 saturated carbocycles. The highest BCUT2D eigenvalue weighted by Crippen LogP contribution is 2.38. The van der Waals surface area contributed by atoms with E-state index in [-0.39, 0.29) is 5.91 Å². The van der Waals surface area contributed by atoms with E-state index < -0.39 is 0 Å². The van der Waals surface area contributed by atoms with Crippen LogP contribution in [0.3, 0.4) is 0 Å². The number of nitrogens with zero attached hydrogens (tertiary/aromatic N) is 2. The summed E-state index contributed by atoms with van der Waals surface area (Å²) >= 11 is 6.32. The summed E-state index contributed by atoms with van der Waals surface area (Å²) in [5, 5.41) is 7.13. The van der Waals surface area contributed by atoms with Crippen LogP contribution in [0.1, 0.15) is 28.4 Å². The SMILES string of the molecule is CCNC(=NCc1cc(Cl)c2c(c1)OCCO2)NCCc1cccc(C(=O)N(C)C)c1.